The van der Waals surface area contributed by atoms with E-state index >= 15 is 0 Å². The van der Waals surface area contributed by atoms with Gasteiger partial charge in [-0.1, -0.05) is 32.9 Å². The molecule has 0 atom stereocenters. The molecule has 0 unspecified atom stereocenters. The molecule has 2 N–H and O–H groups in total. The Balaban J connectivity index is 0.000000550. The Morgan fingerprint density at radius 3 is 2.44 bits per heavy atom. The third-order valence-electron chi connectivity index (χ3n) is 5.46. The monoisotopic (exact) mass is 487 g/mol. The van der Waals surface area contributed by atoms with Crippen molar-refractivity contribution in [1.29, 1.82) is 5.26 Å². The molecule has 0 spiro atoms. The summed E-state index contributed by atoms with van der Waals surface area (Å²) >= 11 is 0. The average molecular weight is 488 g/mol. The van der Waals surface area contributed by atoms with Crippen LogP contribution in [-0.4, -0.2) is 32.7 Å². The number of imidazole rings is 1. The first kappa shape index (κ1) is 26.5. The van der Waals surface area contributed by atoms with Crippen LogP contribution in [0.4, 0.5) is 5.69 Å². The fourth-order valence-corrected chi connectivity index (χ4v) is 3.88. The highest BCUT2D eigenvalue weighted by molar-refractivity contribution is 5.95. The van der Waals surface area contributed by atoms with E-state index in [4.69, 9.17) is 14.7 Å². The molecule has 1 saturated carbocycles. The Kier molecular flexibility index (Phi) is 9.25. The second-order valence-corrected chi connectivity index (χ2v) is 9.19. The molecule has 4 aromatic rings. The number of carbonyl (C=O) groups is 1. The van der Waals surface area contributed by atoms with Crippen LogP contribution >= 0.6 is 0 Å². The number of hydrogen-bond acceptors (Lipinski definition) is 6. The average Bonchev–Trinajstić information content (AvgIpc) is 3.48. The van der Waals surface area contributed by atoms with Gasteiger partial charge >= 0.3 is 0 Å². The van der Waals surface area contributed by atoms with Gasteiger partial charge in [-0.25, -0.2) is 4.98 Å². The highest BCUT2D eigenvalue weighted by atomic mass is 16.5. The summed E-state index contributed by atoms with van der Waals surface area (Å²) in [5.74, 6) is 1.62. The second kappa shape index (κ2) is 12.6. The molecule has 0 bridgehead atoms. The molecule has 1 aliphatic carbocycles. The predicted molar refractivity (Wildman–Crippen MR) is 141 cm³/mol. The van der Waals surface area contributed by atoms with Gasteiger partial charge in [0.05, 0.1) is 35.3 Å². The molecule has 0 amide bonds. The maximum absolute atomic E-state index is 9.95. The van der Waals surface area contributed by atoms with Crippen molar-refractivity contribution in [2.75, 3.05) is 12.1 Å². The zero-order valence-corrected chi connectivity index (χ0v) is 21.0. The van der Waals surface area contributed by atoms with Crippen LogP contribution in [0.5, 0.6) is 5.75 Å². The maximum atomic E-state index is 9.95. The number of nitrogens with one attached hydrogen (secondary N) is 1. The van der Waals surface area contributed by atoms with Crippen LogP contribution in [0, 0.1) is 17.2 Å². The quantitative estimate of drug-likeness (QED) is 0.307. The van der Waals surface area contributed by atoms with Gasteiger partial charge in [-0.3, -0.25) is 10.7 Å². The molecule has 0 radical (unpaired) electrons. The van der Waals surface area contributed by atoms with Gasteiger partial charge in [0.15, 0.2) is 0 Å². The summed E-state index contributed by atoms with van der Waals surface area (Å²) < 4.78 is 10.2. The van der Waals surface area contributed by atoms with Crippen molar-refractivity contribution in [3.8, 4) is 23.1 Å². The Morgan fingerprint density at radius 2 is 1.89 bits per heavy atom. The summed E-state index contributed by atoms with van der Waals surface area (Å²) in [4.78, 5) is 12.0. The minimum Gasteiger partial charge on any atom is -0.492 e. The van der Waals surface area contributed by atoms with Crippen LogP contribution < -0.4 is 10.2 Å². The van der Waals surface area contributed by atoms with E-state index < -0.39 is 0 Å². The topological polar surface area (TPSA) is 105 Å². The van der Waals surface area contributed by atoms with Crippen LogP contribution in [0.1, 0.15) is 45.2 Å². The number of hydrogen-bond donors (Lipinski definition) is 2. The molecule has 1 fully saturated rings. The number of fused-ring (bicyclic) bond motifs is 1. The van der Waals surface area contributed by atoms with Gasteiger partial charge in [-0.2, -0.15) is 5.26 Å². The lowest BCUT2D eigenvalue weighted by Gasteiger charge is -2.12. The fourth-order valence-electron chi connectivity index (χ4n) is 3.88. The first-order valence-electron chi connectivity index (χ1n) is 12.0. The van der Waals surface area contributed by atoms with Gasteiger partial charge in [-0.05, 0) is 48.6 Å². The summed E-state index contributed by atoms with van der Waals surface area (Å²) in [6.07, 6.45) is 7.64. The van der Waals surface area contributed by atoms with E-state index in [2.05, 4.69) is 41.9 Å². The van der Waals surface area contributed by atoms with Crippen molar-refractivity contribution in [1.82, 2.24) is 14.1 Å². The van der Waals surface area contributed by atoms with E-state index in [1.807, 2.05) is 47.9 Å². The van der Waals surface area contributed by atoms with Crippen molar-refractivity contribution in [2.45, 2.75) is 46.2 Å². The lowest BCUT2D eigenvalue weighted by Crippen LogP contribution is -2.06. The van der Waals surface area contributed by atoms with E-state index in [1.165, 1.54) is 0 Å². The molecule has 0 aliphatic heterocycles. The number of ether oxygens (including phenoxy) is 1. The summed E-state index contributed by atoms with van der Waals surface area (Å²) in [6.45, 7) is 9.77. The second-order valence-electron chi connectivity index (χ2n) is 9.19. The Labute approximate surface area is 211 Å². The largest absolute Gasteiger partial charge is 0.492 e. The van der Waals surface area contributed by atoms with Gasteiger partial charge in [0.1, 0.15) is 25.2 Å². The third kappa shape index (κ3) is 6.32. The minimum absolute atomic E-state index is 0.390. The van der Waals surface area contributed by atoms with Crippen molar-refractivity contribution in [2.24, 2.45) is 5.92 Å². The van der Waals surface area contributed by atoms with Crippen molar-refractivity contribution >= 4 is 23.4 Å². The van der Waals surface area contributed by atoms with E-state index in [0.717, 1.165) is 53.2 Å². The molecule has 0 saturated heterocycles. The molecule has 8 heteroatoms. The molecule has 2 heterocycles. The number of anilines is 1. The van der Waals surface area contributed by atoms with E-state index in [1.54, 1.807) is 24.7 Å². The van der Waals surface area contributed by atoms with E-state index in [0.29, 0.717) is 23.9 Å². The number of nitriles is 1. The predicted octanol–water partition coefficient (Wildman–Crippen LogP) is 6.07. The number of rotatable bonds is 7. The fraction of sp³-hybridized carbons (Fsp3) is 0.321. The third-order valence-corrected chi connectivity index (χ3v) is 5.46. The highest BCUT2D eigenvalue weighted by Gasteiger charge is 2.30. The Hall–Kier alpha value is -4.09. The smallest absolute Gasteiger partial charge is 0.121 e. The minimum atomic E-state index is 0.390. The van der Waals surface area contributed by atoms with Crippen molar-refractivity contribution in [3.63, 3.8) is 0 Å². The normalized spacial score (nSPS) is 12.2. The van der Waals surface area contributed by atoms with Crippen LogP contribution in [0.2, 0.25) is 0 Å². The zero-order valence-electron chi connectivity index (χ0n) is 21.0. The molecule has 2 aromatic carbocycles. The van der Waals surface area contributed by atoms with Crippen molar-refractivity contribution in [3.05, 3.63) is 66.7 Å². The lowest BCUT2D eigenvalue weighted by atomic mass is 10.1. The first-order valence-corrected chi connectivity index (χ1v) is 12.0. The summed E-state index contributed by atoms with van der Waals surface area (Å²) in [5, 5.41) is 20.0. The van der Waals surface area contributed by atoms with E-state index in [9.17, 15) is 5.26 Å². The summed E-state index contributed by atoms with van der Waals surface area (Å²) in [6, 6.07) is 16.2. The number of nitrogens with zero attached hydrogens (tertiary/aromatic N) is 4. The SMILES string of the molecule is C=O.CC(C)C.N#Cc1c(-c2ccc(NO)cc2)n(C2CC2)c2cc(OCCn3ccnc3)ccc12. The number of benzene rings is 2. The zero-order chi connectivity index (χ0) is 26.1. The summed E-state index contributed by atoms with van der Waals surface area (Å²) in [5.41, 5.74) is 6.34. The summed E-state index contributed by atoms with van der Waals surface area (Å²) in [7, 11) is 0. The molecule has 36 heavy (non-hydrogen) atoms. The van der Waals surface area contributed by atoms with Gasteiger partial charge in [-0.15, -0.1) is 0 Å². The molecule has 188 valence electrons. The number of aromatic nitrogens is 3. The number of carbonyl (C=O) groups excluding carboxylic acids is 1. The van der Waals surface area contributed by atoms with Crippen LogP contribution in [-0.2, 0) is 11.3 Å². The Morgan fingerprint density at radius 1 is 1.19 bits per heavy atom. The maximum Gasteiger partial charge on any atom is 0.121 e. The van der Waals surface area contributed by atoms with Gasteiger partial charge < -0.3 is 18.7 Å². The Bertz CT molecular complexity index is 1280. The van der Waals surface area contributed by atoms with Crippen LogP contribution in [0.25, 0.3) is 22.2 Å². The van der Waals surface area contributed by atoms with Gasteiger partial charge in [0.25, 0.3) is 0 Å². The highest BCUT2D eigenvalue weighted by Crippen LogP contribution is 2.45. The van der Waals surface area contributed by atoms with Crippen molar-refractivity contribution < 1.29 is 14.7 Å². The van der Waals surface area contributed by atoms with Gasteiger partial charge in [0, 0.05) is 29.9 Å². The van der Waals surface area contributed by atoms with Gasteiger partial charge in [0.2, 0.25) is 0 Å². The van der Waals surface area contributed by atoms with Crippen LogP contribution in [0.3, 0.4) is 0 Å². The first-order chi connectivity index (χ1) is 17.5. The molecule has 8 nitrogen and oxygen atoms in total. The molecule has 1 aliphatic rings. The van der Waals surface area contributed by atoms with E-state index in [-0.39, 0.29) is 0 Å². The standard InChI is InChI=1S/C23H21N5O2.C4H10.CH2O/c24-14-21-20-8-7-19(30-12-11-27-10-9-25-15-27)13-22(20)28(18-5-6-18)23(21)16-1-3-17(26-29)4-2-16;1-4(2)3;1-2/h1-4,7-10,13,15,18,26,29H,5-6,11-12H2;4H,1-3H3;1H2. The molecular formula is C28H33N5O3. The molecule has 5 rings (SSSR count). The molecule has 2 aromatic heterocycles. The molecular weight excluding hydrogens is 454 g/mol. The van der Waals surface area contributed by atoms with Crippen LogP contribution in [0.15, 0.2) is 61.2 Å². The lowest BCUT2D eigenvalue weighted by molar-refractivity contribution is -0.0980.